The van der Waals surface area contributed by atoms with E-state index in [-0.39, 0.29) is 0 Å². The molecule has 0 radical (unpaired) electrons. The van der Waals surface area contributed by atoms with Crippen molar-refractivity contribution in [3.63, 3.8) is 0 Å². The number of hydrogen-bond donors (Lipinski definition) is 0. The molecular formula is C17H20N6O. The Kier molecular flexibility index (Phi) is 3.98. The summed E-state index contributed by atoms with van der Waals surface area (Å²) in [6.45, 7) is 2.00. The third kappa shape index (κ3) is 2.89. The highest BCUT2D eigenvalue weighted by Gasteiger charge is 2.22. The van der Waals surface area contributed by atoms with Gasteiger partial charge in [-0.15, -0.1) is 14.8 Å². The van der Waals surface area contributed by atoms with Crippen LogP contribution in [0.4, 0.5) is 5.82 Å². The molecule has 1 aliphatic heterocycles. The molecule has 1 fully saturated rings. The largest absolute Gasteiger partial charge is 0.496 e. The van der Waals surface area contributed by atoms with Gasteiger partial charge in [0, 0.05) is 13.1 Å². The summed E-state index contributed by atoms with van der Waals surface area (Å²) in [6.07, 6.45) is 3.41. The van der Waals surface area contributed by atoms with Crippen molar-refractivity contribution in [3.8, 4) is 5.75 Å². The van der Waals surface area contributed by atoms with Crippen molar-refractivity contribution >= 4 is 11.5 Å². The van der Waals surface area contributed by atoms with Crippen molar-refractivity contribution < 1.29 is 4.74 Å². The van der Waals surface area contributed by atoms with Gasteiger partial charge in [-0.2, -0.15) is 0 Å². The predicted molar refractivity (Wildman–Crippen MR) is 90.2 cm³/mol. The minimum Gasteiger partial charge on any atom is -0.496 e. The van der Waals surface area contributed by atoms with Crippen LogP contribution in [0.5, 0.6) is 5.75 Å². The molecule has 1 aliphatic rings. The number of rotatable bonds is 4. The molecular weight excluding hydrogens is 304 g/mol. The maximum atomic E-state index is 5.49. The average molecular weight is 324 g/mol. The lowest BCUT2D eigenvalue weighted by Crippen LogP contribution is -2.37. The fraction of sp³-hybridized carbons (Fsp3) is 0.412. The predicted octanol–water partition coefficient (Wildman–Crippen LogP) is 1.99. The Balaban J connectivity index is 1.50. The van der Waals surface area contributed by atoms with Gasteiger partial charge in [0.2, 0.25) is 0 Å². The monoisotopic (exact) mass is 324 g/mol. The van der Waals surface area contributed by atoms with E-state index in [4.69, 9.17) is 4.74 Å². The molecule has 7 heteroatoms. The summed E-state index contributed by atoms with van der Waals surface area (Å²) >= 11 is 0. The lowest BCUT2D eigenvalue weighted by Gasteiger charge is -2.33. The van der Waals surface area contributed by atoms with Crippen molar-refractivity contribution in [2.45, 2.75) is 19.3 Å². The highest BCUT2D eigenvalue weighted by atomic mass is 16.5. The Bertz CT molecular complexity index is 833. The zero-order valence-electron chi connectivity index (χ0n) is 13.7. The van der Waals surface area contributed by atoms with Crippen LogP contribution in [0.15, 0.2) is 36.4 Å². The molecule has 0 amide bonds. The van der Waals surface area contributed by atoms with Crippen LogP contribution in [0.25, 0.3) is 5.65 Å². The van der Waals surface area contributed by atoms with Crippen LogP contribution >= 0.6 is 0 Å². The standard InChI is InChI=1S/C17H20N6O/c1-24-15-7-3-2-6-14(15)11-13-5-4-10-22(12-13)17-9-8-16-18-20-21-23(16)19-17/h2-3,6-9,13H,4-5,10-12H2,1H3/t13-/m0/s1. The average Bonchev–Trinajstić information content (AvgIpc) is 3.10. The van der Waals surface area contributed by atoms with Gasteiger partial charge in [-0.3, -0.25) is 0 Å². The Hall–Kier alpha value is -2.70. The third-order valence-corrected chi connectivity index (χ3v) is 4.60. The van der Waals surface area contributed by atoms with Gasteiger partial charge >= 0.3 is 0 Å². The van der Waals surface area contributed by atoms with E-state index >= 15 is 0 Å². The quantitative estimate of drug-likeness (QED) is 0.731. The van der Waals surface area contributed by atoms with Gasteiger partial charge in [0.25, 0.3) is 0 Å². The van der Waals surface area contributed by atoms with Crippen LogP contribution in [0, 0.1) is 5.92 Å². The number of fused-ring (bicyclic) bond motifs is 1. The van der Waals surface area contributed by atoms with Crippen LogP contribution in [0.3, 0.4) is 0 Å². The first-order valence-corrected chi connectivity index (χ1v) is 8.26. The van der Waals surface area contributed by atoms with Crippen molar-refractivity contribution in [1.82, 2.24) is 25.3 Å². The number of tetrazole rings is 1. The van der Waals surface area contributed by atoms with Gasteiger partial charge < -0.3 is 9.64 Å². The second-order valence-electron chi connectivity index (χ2n) is 6.19. The molecule has 24 heavy (non-hydrogen) atoms. The smallest absolute Gasteiger partial charge is 0.200 e. The van der Waals surface area contributed by atoms with Crippen molar-refractivity contribution in [2.75, 3.05) is 25.1 Å². The summed E-state index contributed by atoms with van der Waals surface area (Å²) in [6, 6.07) is 12.2. The molecule has 1 atom stereocenters. The van der Waals surface area contributed by atoms with Gasteiger partial charge in [0.05, 0.1) is 7.11 Å². The molecule has 4 rings (SSSR count). The Morgan fingerprint density at radius 3 is 3.04 bits per heavy atom. The fourth-order valence-corrected chi connectivity index (χ4v) is 3.43. The molecule has 0 spiro atoms. The van der Waals surface area contributed by atoms with E-state index < -0.39 is 0 Å². The molecule has 3 heterocycles. The molecule has 124 valence electrons. The van der Waals surface area contributed by atoms with Crippen LogP contribution < -0.4 is 9.64 Å². The zero-order valence-corrected chi connectivity index (χ0v) is 13.7. The van der Waals surface area contributed by atoms with Crippen LogP contribution in [-0.4, -0.2) is 45.5 Å². The third-order valence-electron chi connectivity index (χ3n) is 4.60. The van der Waals surface area contributed by atoms with E-state index in [9.17, 15) is 0 Å². The normalized spacial score (nSPS) is 18.0. The Morgan fingerprint density at radius 2 is 2.12 bits per heavy atom. The van der Waals surface area contributed by atoms with Gasteiger partial charge in [-0.05, 0) is 59.4 Å². The van der Waals surface area contributed by atoms with E-state index in [1.165, 1.54) is 16.6 Å². The molecule has 7 nitrogen and oxygen atoms in total. The number of hydrogen-bond acceptors (Lipinski definition) is 6. The molecule has 0 unspecified atom stereocenters. The SMILES string of the molecule is COc1ccccc1C[C@@H]1CCCN(c2ccc3nnnn3n2)C1. The topological polar surface area (TPSA) is 68.4 Å². The maximum Gasteiger partial charge on any atom is 0.200 e. The van der Waals surface area contributed by atoms with Gasteiger partial charge in [-0.1, -0.05) is 18.2 Å². The molecule has 0 saturated carbocycles. The molecule has 2 aromatic heterocycles. The summed E-state index contributed by atoms with van der Waals surface area (Å²) in [5.41, 5.74) is 1.94. The number of anilines is 1. The number of aromatic nitrogens is 5. The number of methoxy groups -OCH3 is 1. The zero-order chi connectivity index (χ0) is 16.4. The minimum absolute atomic E-state index is 0.585. The van der Waals surface area contributed by atoms with E-state index in [1.54, 1.807) is 7.11 Å². The van der Waals surface area contributed by atoms with Crippen molar-refractivity contribution in [2.24, 2.45) is 5.92 Å². The Labute approximate surface area is 140 Å². The summed E-state index contributed by atoms with van der Waals surface area (Å²) in [4.78, 5) is 2.32. The van der Waals surface area contributed by atoms with E-state index in [0.29, 0.717) is 11.6 Å². The van der Waals surface area contributed by atoms with Gasteiger partial charge in [0.15, 0.2) is 11.5 Å². The van der Waals surface area contributed by atoms with Gasteiger partial charge in [-0.25, -0.2) is 0 Å². The first-order chi connectivity index (χ1) is 11.8. The molecule has 0 N–H and O–H groups in total. The number of piperidine rings is 1. The highest BCUT2D eigenvalue weighted by Crippen LogP contribution is 2.27. The maximum absolute atomic E-state index is 5.49. The number of ether oxygens (including phenoxy) is 1. The summed E-state index contributed by atoms with van der Waals surface area (Å²) in [5.74, 6) is 2.49. The van der Waals surface area contributed by atoms with Crippen LogP contribution in [0.2, 0.25) is 0 Å². The number of nitrogens with zero attached hydrogens (tertiary/aromatic N) is 6. The minimum atomic E-state index is 0.585. The second-order valence-corrected chi connectivity index (χ2v) is 6.19. The molecule has 0 aliphatic carbocycles. The Morgan fingerprint density at radius 1 is 1.21 bits per heavy atom. The summed E-state index contributed by atoms with van der Waals surface area (Å²) in [5, 5.41) is 15.9. The van der Waals surface area contributed by atoms with Crippen molar-refractivity contribution in [1.29, 1.82) is 0 Å². The lowest BCUT2D eigenvalue weighted by atomic mass is 9.91. The number of benzene rings is 1. The first kappa shape index (κ1) is 14.9. The lowest BCUT2D eigenvalue weighted by molar-refractivity contribution is 0.385. The van der Waals surface area contributed by atoms with E-state index in [1.807, 2.05) is 24.3 Å². The van der Waals surface area contributed by atoms with Crippen molar-refractivity contribution in [3.05, 3.63) is 42.0 Å². The van der Waals surface area contributed by atoms with E-state index in [2.05, 4.69) is 37.7 Å². The fourth-order valence-electron chi connectivity index (χ4n) is 3.43. The molecule has 1 aromatic carbocycles. The summed E-state index contributed by atoms with van der Waals surface area (Å²) < 4.78 is 6.97. The number of para-hydroxylation sites is 1. The summed E-state index contributed by atoms with van der Waals surface area (Å²) in [7, 11) is 1.73. The highest BCUT2D eigenvalue weighted by molar-refractivity contribution is 5.44. The van der Waals surface area contributed by atoms with Gasteiger partial charge in [0.1, 0.15) is 5.75 Å². The molecule has 1 saturated heterocycles. The molecule has 0 bridgehead atoms. The first-order valence-electron chi connectivity index (χ1n) is 8.26. The van der Waals surface area contributed by atoms with Crippen LogP contribution in [0.1, 0.15) is 18.4 Å². The van der Waals surface area contributed by atoms with E-state index in [0.717, 1.165) is 37.5 Å². The molecule has 3 aromatic rings. The van der Waals surface area contributed by atoms with Crippen LogP contribution in [-0.2, 0) is 6.42 Å². The second kappa shape index (κ2) is 6.43.